The minimum Gasteiger partial charge on any atom is -0.296 e. The van der Waals surface area contributed by atoms with Gasteiger partial charge < -0.3 is 0 Å². The molecule has 0 spiro atoms. The number of rotatable bonds is 7. The zero-order valence-electron chi connectivity index (χ0n) is 19.3. The lowest BCUT2D eigenvalue weighted by atomic mass is 9.76. The van der Waals surface area contributed by atoms with Crippen LogP contribution in [0.1, 0.15) is 48.4 Å². The van der Waals surface area contributed by atoms with E-state index in [1.165, 1.54) is 30.8 Å². The Bertz CT molecular complexity index is 1040. The van der Waals surface area contributed by atoms with E-state index in [9.17, 15) is 16.8 Å². The first-order chi connectivity index (χ1) is 15.1. The summed E-state index contributed by atoms with van der Waals surface area (Å²) in [5.41, 5.74) is 4.11. The average Bonchev–Trinajstić information content (AvgIpc) is 2.74. The summed E-state index contributed by atoms with van der Waals surface area (Å²) in [6.07, 6.45) is 4.14. The van der Waals surface area contributed by atoms with Crippen molar-refractivity contribution in [2.75, 3.05) is 46.0 Å². The molecule has 0 aromatic heterocycles. The van der Waals surface area contributed by atoms with Gasteiger partial charge in [-0.15, -0.1) is 0 Å². The number of piperidine rings is 2. The molecule has 8 nitrogen and oxygen atoms in total. The lowest BCUT2D eigenvalue weighted by Crippen LogP contribution is -2.57. The van der Waals surface area contributed by atoms with Crippen molar-refractivity contribution in [3.63, 3.8) is 0 Å². The third kappa shape index (κ3) is 4.76. The molecule has 4 rings (SSSR count). The summed E-state index contributed by atoms with van der Waals surface area (Å²) in [5, 5.41) is 0. The van der Waals surface area contributed by atoms with Gasteiger partial charge in [0.25, 0.3) is 10.2 Å². The van der Waals surface area contributed by atoms with Crippen LogP contribution in [0.3, 0.4) is 0 Å². The highest BCUT2D eigenvalue weighted by atomic mass is 32.2. The standard InChI is InChI=1S/C22H36N4O4S2/c1-17-7-4-8-18-10-13-25-16-19-9-5-12-26(20(19)15-21(25)22(17)18)31(27,28)14-6-11-23-32(29,30)24(2)3/h4,7-8,19-21,23H,5-6,9-16H2,1-3H3/t19-,20+,21-/m0/s1. The first-order valence-corrected chi connectivity index (χ1v) is 14.6. The zero-order valence-corrected chi connectivity index (χ0v) is 21.0. The van der Waals surface area contributed by atoms with E-state index in [0.29, 0.717) is 12.5 Å². The quantitative estimate of drug-likeness (QED) is 0.593. The number of fused-ring (bicyclic) bond motifs is 4. The third-order valence-electron chi connectivity index (χ3n) is 7.36. The van der Waals surface area contributed by atoms with Crippen LogP contribution in [0.15, 0.2) is 18.2 Å². The first kappa shape index (κ1) is 24.1. The molecular formula is C22H36N4O4S2. The van der Waals surface area contributed by atoms with Gasteiger partial charge in [-0.05, 0) is 61.6 Å². The van der Waals surface area contributed by atoms with E-state index >= 15 is 0 Å². The van der Waals surface area contributed by atoms with Gasteiger partial charge in [-0.1, -0.05) is 18.2 Å². The molecule has 180 valence electrons. The first-order valence-electron chi connectivity index (χ1n) is 11.6. The van der Waals surface area contributed by atoms with E-state index in [2.05, 4.69) is 34.7 Å². The van der Waals surface area contributed by atoms with Crippen LogP contribution in [-0.2, 0) is 26.7 Å². The van der Waals surface area contributed by atoms with E-state index in [1.807, 2.05) is 0 Å². The fraction of sp³-hybridized carbons (Fsp3) is 0.727. The zero-order chi connectivity index (χ0) is 23.1. The van der Waals surface area contributed by atoms with Crippen molar-refractivity contribution in [1.82, 2.24) is 18.2 Å². The molecule has 2 fully saturated rings. The van der Waals surface area contributed by atoms with Crippen LogP contribution in [0, 0.1) is 12.8 Å². The van der Waals surface area contributed by atoms with Crippen LogP contribution in [-0.4, -0.2) is 82.4 Å². The van der Waals surface area contributed by atoms with E-state index in [0.717, 1.165) is 43.1 Å². The van der Waals surface area contributed by atoms with Crippen molar-refractivity contribution in [3.8, 4) is 0 Å². The highest BCUT2D eigenvalue weighted by molar-refractivity contribution is 7.89. The number of sulfonamides is 1. The Morgan fingerprint density at radius 3 is 2.69 bits per heavy atom. The summed E-state index contributed by atoms with van der Waals surface area (Å²) in [4.78, 5) is 2.57. The van der Waals surface area contributed by atoms with Gasteiger partial charge in [0.05, 0.1) is 5.75 Å². The molecule has 32 heavy (non-hydrogen) atoms. The maximum atomic E-state index is 13.3. The minimum atomic E-state index is -3.54. The summed E-state index contributed by atoms with van der Waals surface area (Å²) in [7, 11) is -4.09. The van der Waals surface area contributed by atoms with Gasteiger partial charge in [0.2, 0.25) is 10.0 Å². The molecule has 3 heterocycles. The summed E-state index contributed by atoms with van der Waals surface area (Å²) in [6, 6.07) is 6.81. The Morgan fingerprint density at radius 1 is 1.16 bits per heavy atom. The molecular weight excluding hydrogens is 448 g/mol. The van der Waals surface area contributed by atoms with Gasteiger partial charge in [0.1, 0.15) is 0 Å². The van der Waals surface area contributed by atoms with E-state index in [1.54, 1.807) is 4.31 Å². The van der Waals surface area contributed by atoms with Crippen LogP contribution in [0.2, 0.25) is 0 Å². The van der Waals surface area contributed by atoms with Crippen LogP contribution in [0.5, 0.6) is 0 Å². The van der Waals surface area contributed by atoms with E-state index in [-0.39, 0.29) is 30.8 Å². The Kier molecular flexibility index (Phi) is 7.01. The lowest BCUT2D eigenvalue weighted by molar-refractivity contribution is 0.0217. The van der Waals surface area contributed by atoms with Crippen LogP contribution in [0.25, 0.3) is 0 Å². The largest absolute Gasteiger partial charge is 0.296 e. The number of hydrogen-bond acceptors (Lipinski definition) is 5. The van der Waals surface area contributed by atoms with Crippen molar-refractivity contribution >= 4 is 20.2 Å². The second kappa shape index (κ2) is 9.31. The fourth-order valence-electron chi connectivity index (χ4n) is 5.73. The molecule has 0 amide bonds. The minimum absolute atomic E-state index is 0.0269. The maximum absolute atomic E-state index is 13.3. The number of hydrogen-bond donors (Lipinski definition) is 1. The third-order valence-corrected chi connectivity index (χ3v) is 10.9. The van der Waals surface area contributed by atoms with Crippen LogP contribution < -0.4 is 4.72 Å². The molecule has 10 heteroatoms. The molecule has 3 aliphatic heterocycles. The van der Waals surface area contributed by atoms with Crippen LogP contribution in [0.4, 0.5) is 0 Å². The second-order valence-corrected chi connectivity index (χ2v) is 13.6. The predicted molar refractivity (Wildman–Crippen MR) is 126 cm³/mol. The molecule has 0 unspecified atom stereocenters. The highest BCUT2D eigenvalue weighted by Crippen LogP contribution is 2.44. The highest BCUT2D eigenvalue weighted by Gasteiger charge is 2.45. The Labute approximate surface area is 193 Å². The van der Waals surface area contributed by atoms with E-state index < -0.39 is 20.2 Å². The van der Waals surface area contributed by atoms with Gasteiger partial charge in [0, 0.05) is 52.4 Å². The number of nitrogens with zero attached hydrogens (tertiary/aromatic N) is 3. The summed E-state index contributed by atoms with van der Waals surface area (Å²) in [6.45, 7) is 4.85. The van der Waals surface area contributed by atoms with E-state index in [4.69, 9.17) is 0 Å². The Balaban J connectivity index is 1.47. The van der Waals surface area contributed by atoms with Gasteiger partial charge in [0.15, 0.2) is 0 Å². The van der Waals surface area contributed by atoms with Gasteiger partial charge >= 0.3 is 0 Å². The topological polar surface area (TPSA) is 90.0 Å². The monoisotopic (exact) mass is 484 g/mol. The second-order valence-electron chi connectivity index (χ2n) is 9.58. The van der Waals surface area contributed by atoms with Crippen molar-refractivity contribution in [2.24, 2.45) is 5.92 Å². The molecule has 0 radical (unpaired) electrons. The number of nitrogens with one attached hydrogen (secondary N) is 1. The molecule has 1 aromatic rings. The molecule has 3 atom stereocenters. The van der Waals surface area contributed by atoms with Gasteiger partial charge in [-0.2, -0.15) is 17.0 Å². The molecule has 0 saturated carbocycles. The average molecular weight is 485 g/mol. The maximum Gasteiger partial charge on any atom is 0.278 e. The molecule has 2 saturated heterocycles. The summed E-state index contributed by atoms with van der Waals surface area (Å²) < 4.78 is 55.6. The van der Waals surface area contributed by atoms with Crippen molar-refractivity contribution in [2.45, 2.75) is 51.1 Å². The lowest BCUT2D eigenvalue weighted by Gasteiger charge is -2.52. The van der Waals surface area contributed by atoms with Crippen molar-refractivity contribution < 1.29 is 16.8 Å². The van der Waals surface area contributed by atoms with Crippen LogP contribution >= 0.6 is 0 Å². The summed E-state index contributed by atoms with van der Waals surface area (Å²) >= 11 is 0. The van der Waals surface area contributed by atoms with Gasteiger partial charge in [-0.3, -0.25) is 4.90 Å². The smallest absolute Gasteiger partial charge is 0.278 e. The van der Waals surface area contributed by atoms with Crippen molar-refractivity contribution in [1.29, 1.82) is 0 Å². The Hall–Kier alpha value is -1.04. The molecule has 0 aliphatic carbocycles. The molecule has 3 aliphatic rings. The summed E-state index contributed by atoms with van der Waals surface area (Å²) in [5.74, 6) is 0.337. The number of benzene rings is 1. The normalized spacial score (nSPS) is 27.1. The van der Waals surface area contributed by atoms with Gasteiger partial charge in [-0.25, -0.2) is 13.1 Å². The SMILES string of the molecule is Cc1cccc2c1[C@@H]1C[C@@H]3[C@@H](CCCN3S(=O)(=O)CCCNS(=O)(=O)N(C)C)CN1CC2. The number of aryl methyl sites for hydroxylation is 1. The Morgan fingerprint density at radius 2 is 1.94 bits per heavy atom. The molecule has 1 aromatic carbocycles. The molecule has 1 N–H and O–H groups in total. The van der Waals surface area contributed by atoms with Crippen molar-refractivity contribution in [3.05, 3.63) is 34.9 Å². The molecule has 0 bridgehead atoms. The predicted octanol–water partition coefficient (Wildman–Crippen LogP) is 1.49. The fourth-order valence-corrected chi connectivity index (χ4v) is 8.21.